The van der Waals surface area contributed by atoms with Crippen molar-refractivity contribution in [2.45, 2.75) is 169 Å². The zero-order valence-electron chi connectivity index (χ0n) is 25.6. The Kier molecular flexibility index (Phi) is 25.8. The van der Waals surface area contributed by atoms with Crippen LogP contribution in [0.15, 0.2) is 0 Å². The van der Waals surface area contributed by atoms with Gasteiger partial charge in [0.05, 0.1) is 13.2 Å². The van der Waals surface area contributed by atoms with E-state index in [0.29, 0.717) is 43.8 Å². The first kappa shape index (κ1) is 35.9. The summed E-state index contributed by atoms with van der Waals surface area (Å²) in [6, 6.07) is 0. The molecule has 4 heteroatoms. The molecule has 0 aromatic carbocycles. The van der Waals surface area contributed by atoms with Gasteiger partial charge in [0.15, 0.2) is 0 Å². The molecule has 0 saturated carbocycles. The third kappa shape index (κ3) is 23.8. The second-order valence-electron chi connectivity index (χ2n) is 11.6. The number of rotatable bonds is 27. The molecule has 0 aromatic rings. The summed E-state index contributed by atoms with van der Waals surface area (Å²) in [4.78, 5) is 24.1. The predicted molar refractivity (Wildman–Crippen MR) is 158 cm³/mol. The molecule has 0 spiro atoms. The topological polar surface area (TPSA) is 52.6 Å². The molecule has 0 radical (unpaired) electrons. The summed E-state index contributed by atoms with van der Waals surface area (Å²) in [6.45, 7) is 12.2. The molecule has 3 unspecified atom stereocenters. The minimum atomic E-state index is -0.00752. The quantitative estimate of drug-likeness (QED) is 0.0792. The van der Waals surface area contributed by atoms with E-state index in [4.69, 9.17) is 9.47 Å². The van der Waals surface area contributed by atoms with E-state index in [0.717, 1.165) is 32.1 Å². The summed E-state index contributed by atoms with van der Waals surface area (Å²) in [6.07, 6.45) is 24.0. The van der Waals surface area contributed by atoms with Crippen molar-refractivity contribution < 1.29 is 19.1 Å². The van der Waals surface area contributed by atoms with E-state index in [-0.39, 0.29) is 11.9 Å². The van der Waals surface area contributed by atoms with Gasteiger partial charge in [0.25, 0.3) is 0 Å². The van der Waals surface area contributed by atoms with Crippen molar-refractivity contribution in [1.82, 2.24) is 0 Å². The third-order valence-electron chi connectivity index (χ3n) is 7.89. The molecule has 0 aliphatic carbocycles. The normalized spacial score (nSPS) is 13.8. The minimum absolute atomic E-state index is 0.00583. The predicted octanol–water partition coefficient (Wildman–Crippen LogP) is 10.2. The van der Waals surface area contributed by atoms with Crippen molar-refractivity contribution >= 4 is 11.9 Å². The molecule has 220 valence electrons. The fraction of sp³-hybridized carbons (Fsp3) is 0.939. The number of esters is 2. The van der Waals surface area contributed by atoms with Crippen LogP contribution in [0.2, 0.25) is 0 Å². The van der Waals surface area contributed by atoms with E-state index in [9.17, 15) is 9.59 Å². The fourth-order valence-corrected chi connectivity index (χ4v) is 4.91. The Morgan fingerprint density at radius 2 is 0.973 bits per heavy atom. The summed E-state index contributed by atoms with van der Waals surface area (Å²) in [5.41, 5.74) is 0. The van der Waals surface area contributed by atoms with Crippen LogP contribution >= 0.6 is 0 Å². The summed E-state index contributed by atoms with van der Waals surface area (Å²) < 4.78 is 11.0. The highest BCUT2D eigenvalue weighted by molar-refractivity contribution is 5.69. The second-order valence-corrected chi connectivity index (χ2v) is 11.6. The van der Waals surface area contributed by atoms with E-state index in [2.05, 4.69) is 34.6 Å². The number of hydrogen-bond acceptors (Lipinski definition) is 4. The smallest absolute Gasteiger partial charge is 0.306 e. The number of unbranched alkanes of at least 4 members (excludes halogenated alkanes) is 11. The maximum absolute atomic E-state index is 12.1. The van der Waals surface area contributed by atoms with E-state index in [1.165, 1.54) is 89.9 Å². The van der Waals surface area contributed by atoms with E-state index >= 15 is 0 Å². The Morgan fingerprint density at radius 1 is 0.541 bits per heavy atom. The zero-order chi connectivity index (χ0) is 27.6. The molecule has 0 aliphatic heterocycles. The maximum Gasteiger partial charge on any atom is 0.306 e. The van der Waals surface area contributed by atoms with Crippen molar-refractivity contribution in [1.29, 1.82) is 0 Å². The third-order valence-corrected chi connectivity index (χ3v) is 7.89. The van der Waals surface area contributed by atoms with Crippen molar-refractivity contribution in [2.75, 3.05) is 13.2 Å². The fourth-order valence-electron chi connectivity index (χ4n) is 4.91. The Morgan fingerprint density at radius 3 is 1.43 bits per heavy atom. The van der Waals surface area contributed by atoms with Crippen molar-refractivity contribution in [3.05, 3.63) is 0 Å². The molecular weight excluding hydrogens is 460 g/mol. The van der Waals surface area contributed by atoms with Gasteiger partial charge >= 0.3 is 11.9 Å². The van der Waals surface area contributed by atoms with Gasteiger partial charge in [0, 0.05) is 12.8 Å². The van der Waals surface area contributed by atoms with Gasteiger partial charge in [-0.05, 0) is 37.0 Å². The number of hydrogen-bond donors (Lipinski definition) is 0. The van der Waals surface area contributed by atoms with Crippen LogP contribution in [0.3, 0.4) is 0 Å². The molecular formula is C33H64O4. The lowest BCUT2D eigenvalue weighted by Gasteiger charge is -2.16. The summed E-state index contributed by atoms with van der Waals surface area (Å²) in [5, 5.41) is 0. The van der Waals surface area contributed by atoms with Crippen molar-refractivity contribution in [3.8, 4) is 0 Å². The van der Waals surface area contributed by atoms with Crippen LogP contribution in [0.5, 0.6) is 0 Å². The molecule has 0 heterocycles. The molecule has 0 amide bonds. The average molecular weight is 525 g/mol. The molecule has 4 nitrogen and oxygen atoms in total. The Hall–Kier alpha value is -1.06. The van der Waals surface area contributed by atoms with Crippen LogP contribution < -0.4 is 0 Å². The molecule has 0 fully saturated rings. The lowest BCUT2D eigenvalue weighted by atomic mass is 9.98. The Bertz CT molecular complexity index is 518. The zero-order valence-corrected chi connectivity index (χ0v) is 25.6. The number of carbonyl (C=O) groups is 2. The van der Waals surface area contributed by atoms with Gasteiger partial charge in [0.2, 0.25) is 0 Å². The molecule has 0 bridgehead atoms. The highest BCUT2D eigenvalue weighted by Gasteiger charge is 2.13. The maximum atomic E-state index is 12.1. The van der Waals surface area contributed by atoms with Crippen LogP contribution in [0.1, 0.15) is 169 Å². The molecule has 3 atom stereocenters. The largest absolute Gasteiger partial charge is 0.465 e. The highest BCUT2D eigenvalue weighted by Crippen LogP contribution is 2.18. The van der Waals surface area contributed by atoms with Crippen LogP contribution in [-0.2, 0) is 19.1 Å². The van der Waals surface area contributed by atoms with Gasteiger partial charge in [-0.25, -0.2) is 0 Å². The first-order chi connectivity index (χ1) is 18.0. The van der Waals surface area contributed by atoms with Gasteiger partial charge in [-0.1, -0.05) is 137 Å². The first-order valence-corrected chi connectivity index (χ1v) is 16.3. The van der Waals surface area contributed by atoms with E-state index in [1.54, 1.807) is 0 Å². The number of carbonyl (C=O) groups excluding carboxylic acids is 2. The van der Waals surface area contributed by atoms with E-state index < -0.39 is 0 Å². The molecule has 0 N–H and O–H groups in total. The molecule has 0 aromatic heterocycles. The lowest BCUT2D eigenvalue weighted by Crippen LogP contribution is -2.15. The molecule has 0 saturated heterocycles. The van der Waals surface area contributed by atoms with Crippen molar-refractivity contribution in [2.24, 2.45) is 17.8 Å². The Labute approximate surface area is 231 Å². The van der Waals surface area contributed by atoms with Gasteiger partial charge in [-0.2, -0.15) is 0 Å². The Balaban J connectivity index is 3.52. The van der Waals surface area contributed by atoms with Crippen LogP contribution in [-0.4, -0.2) is 25.2 Å². The summed E-state index contributed by atoms with van der Waals surface area (Å²) >= 11 is 0. The van der Waals surface area contributed by atoms with E-state index in [1.807, 2.05) is 0 Å². The van der Waals surface area contributed by atoms with Crippen LogP contribution in [0.4, 0.5) is 0 Å². The number of ether oxygens (including phenoxy) is 2. The SMILES string of the molecule is CCCCC(CC)COC(=O)CCCCCCCCCCCCC(C)CC(=O)OCC(CC)CCCC. The summed E-state index contributed by atoms with van der Waals surface area (Å²) in [7, 11) is 0. The first-order valence-electron chi connectivity index (χ1n) is 16.3. The molecule has 37 heavy (non-hydrogen) atoms. The standard InChI is InChI=1S/C33H64O4/c1-6-10-23-30(8-3)27-36-32(34)25-21-19-17-15-13-12-14-16-18-20-22-29(5)26-33(35)37-28-31(9-4)24-11-7-2/h29-31H,6-28H2,1-5H3. The second kappa shape index (κ2) is 26.5. The van der Waals surface area contributed by atoms with Crippen LogP contribution in [0.25, 0.3) is 0 Å². The monoisotopic (exact) mass is 524 g/mol. The minimum Gasteiger partial charge on any atom is -0.465 e. The molecule has 0 aliphatic rings. The van der Waals surface area contributed by atoms with Crippen LogP contribution in [0, 0.1) is 17.8 Å². The van der Waals surface area contributed by atoms with Gasteiger partial charge < -0.3 is 9.47 Å². The van der Waals surface area contributed by atoms with Crippen molar-refractivity contribution in [3.63, 3.8) is 0 Å². The van der Waals surface area contributed by atoms with Gasteiger partial charge in [0.1, 0.15) is 0 Å². The highest BCUT2D eigenvalue weighted by atomic mass is 16.5. The molecule has 0 rings (SSSR count). The average Bonchev–Trinajstić information content (AvgIpc) is 2.89. The van der Waals surface area contributed by atoms with Gasteiger partial charge in [-0.15, -0.1) is 0 Å². The van der Waals surface area contributed by atoms with Gasteiger partial charge in [-0.3, -0.25) is 9.59 Å². The lowest BCUT2D eigenvalue weighted by molar-refractivity contribution is -0.146. The summed E-state index contributed by atoms with van der Waals surface area (Å²) in [5.74, 6) is 1.48.